The second-order valence-corrected chi connectivity index (χ2v) is 9.74. The van der Waals surface area contributed by atoms with Gasteiger partial charge in [0.25, 0.3) is 0 Å². The average molecular weight is 375 g/mol. The molecule has 2 heteroatoms. The summed E-state index contributed by atoms with van der Waals surface area (Å²) in [6, 6.07) is 0. The minimum absolute atomic E-state index is 0.539. The topological polar surface area (TPSA) is 20.2 Å². The lowest BCUT2D eigenvalue weighted by atomic mass is 9.86. The van der Waals surface area contributed by atoms with Gasteiger partial charge in [0.1, 0.15) is 0 Å². The number of aliphatic hydroxyl groups is 1. The maximum atomic E-state index is 10.3. The fraction of sp³-hybridized carbons (Fsp3) is 1.00. The van der Waals surface area contributed by atoms with Crippen LogP contribution in [0.1, 0.15) is 137 Å². The van der Waals surface area contributed by atoms with Gasteiger partial charge in [-0.25, -0.2) is 0 Å². The van der Waals surface area contributed by atoms with Gasteiger partial charge in [0.05, 0.1) is 10.5 Å². The van der Waals surface area contributed by atoms with E-state index in [-0.39, 0.29) is 0 Å². The zero-order valence-electron chi connectivity index (χ0n) is 17.8. The number of unbranched alkanes of at least 4 members (excludes halogenated alkanes) is 15. The molecule has 0 aromatic carbocycles. The number of rotatable bonds is 18. The van der Waals surface area contributed by atoms with Gasteiger partial charge < -0.3 is 5.11 Å². The molecule has 0 spiro atoms. The summed E-state index contributed by atoms with van der Waals surface area (Å²) in [5, 5.41) is 10.3. The summed E-state index contributed by atoms with van der Waals surface area (Å²) in [4.78, 5) is -0.539. The summed E-state index contributed by atoms with van der Waals surface area (Å²) in [6.45, 7) is 7.96. The van der Waals surface area contributed by atoms with E-state index >= 15 is 0 Å². The number of hydrogen-bond donors (Lipinski definition) is 1. The van der Waals surface area contributed by atoms with E-state index in [1.807, 2.05) is 20.8 Å². The molecule has 0 amide bonds. The van der Waals surface area contributed by atoms with Crippen LogP contribution in [-0.4, -0.2) is 15.6 Å². The lowest BCUT2D eigenvalue weighted by Gasteiger charge is -2.35. The predicted octanol–water partition coefficient (Wildman–Crippen LogP) is 8.41. The standard InChI is InChI=1S/C23H47ClO/c1-5-6-7-8-9-10-11-12-13-14-15-16-17-18-19-20-21-23(4,25)22(2,3)24/h25H,5-21H2,1-4H3. The molecule has 152 valence electrons. The van der Waals surface area contributed by atoms with E-state index in [4.69, 9.17) is 11.6 Å². The molecule has 1 unspecified atom stereocenters. The van der Waals surface area contributed by atoms with Crippen molar-refractivity contribution in [3.63, 3.8) is 0 Å². The lowest BCUT2D eigenvalue weighted by molar-refractivity contribution is 0.0159. The van der Waals surface area contributed by atoms with Gasteiger partial charge >= 0.3 is 0 Å². The van der Waals surface area contributed by atoms with Gasteiger partial charge in [0, 0.05) is 0 Å². The fourth-order valence-electron chi connectivity index (χ4n) is 3.31. The van der Waals surface area contributed by atoms with Gasteiger partial charge in [0.2, 0.25) is 0 Å². The molecule has 0 aliphatic heterocycles. The second kappa shape index (κ2) is 15.3. The number of hydrogen-bond acceptors (Lipinski definition) is 1. The Labute approximate surface area is 164 Å². The van der Waals surface area contributed by atoms with Crippen LogP contribution in [0.25, 0.3) is 0 Å². The summed E-state index contributed by atoms with van der Waals surface area (Å²) < 4.78 is 0. The third-order valence-electron chi connectivity index (χ3n) is 5.80. The van der Waals surface area contributed by atoms with Crippen LogP contribution in [-0.2, 0) is 0 Å². The molecular formula is C23H47ClO. The molecule has 0 heterocycles. The van der Waals surface area contributed by atoms with Crippen molar-refractivity contribution in [2.45, 2.75) is 147 Å². The molecule has 1 N–H and O–H groups in total. The first kappa shape index (κ1) is 25.2. The Balaban J connectivity index is 3.22. The quantitative estimate of drug-likeness (QED) is 0.188. The summed E-state index contributed by atoms with van der Waals surface area (Å²) in [7, 11) is 0. The van der Waals surface area contributed by atoms with Crippen LogP contribution in [0.5, 0.6) is 0 Å². The molecule has 1 nitrogen and oxygen atoms in total. The Kier molecular flexibility index (Phi) is 15.5. The van der Waals surface area contributed by atoms with Gasteiger partial charge in [-0.1, -0.05) is 110 Å². The average Bonchev–Trinajstić information content (AvgIpc) is 2.53. The van der Waals surface area contributed by atoms with Crippen molar-refractivity contribution in [1.82, 2.24) is 0 Å². The maximum Gasteiger partial charge on any atom is 0.0805 e. The van der Waals surface area contributed by atoms with Crippen molar-refractivity contribution in [3.8, 4) is 0 Å². The van der Waals surface area contributed by atoms with Crippen LogP contribution >= 0.6 is 11.6 Å². The first-order valence-electron chi connectivity index (χ1n) is 11.2. The SMILES string of the molecule is CCCCCCCCCCCCCCCCCCC(C)(O)C(C)(C)Cl. The van der Waals surface area contributed by atoms with E-state index in [9.17, 15) is 5.11 Å². The molecule has 0 aromatic heterocycles. The fourth-order valence-corrected chi connectivity index (χ4v) is 3.41. The monoisotopic (exact) mass is 374 g/mol. The third-order valence-corrected chi connectivity index (χ3v) is 6.20. The van der Waals surface area contributed by atoms with Crippen molar-refractivity contribution in [2.75, 3.05) is 0 Å². The zero-order valence-corrected chi connectivity index (χ0v) is 18.6. The second-order valence-electron chi connectivity index (χ2n) is 8.80. The highest BCUT2D eigenvalue weighted by molar-refractivity contribution is 6.24. The van der Waals surface area contributed by atoms with Gasteiger partial charge in [-0.3, -0.25) is 0 Å². The van der Waals surface area contributed by atoms with E-state index in [1.54, 1.807) is 0 Å². The van der Waals surface area contributed by atoms with Crippen LogP contribution in [0.3, 0.4) is 0 Å². The van der Waals surface area contributed by atoms with E-state index in [1.165, 1.54) is 96.3 Å². The van der Waals surface area contributed by atoms with Crippen molar-refractivity contribution in [3.05, 3.63) is 0 Å². The highest BCUT2D eigenvalue weighted by Crippen LogP contribution is 2.32. The summed E-state index contributed by atoms with van der Waals surface area (Å²) in [5.74, 6) is 0. The molecular weight excluding hydrogens is 328 g/mol. The van der Waals surface area contributed by atoms with E-state index in [0.717, 1.165) is 12.8 Å². The predicted molar refractivity (Wildman–Crippen MR) is 115 cm³/mol. The molecule has 0 aliphatic rings. The van der Waals surface area contributed by atoms with Crippen LogP contribution in [0, 0.1) is 0 Å². The van der Waals surface area contributed by atoms with Crippen molar-refractivity contribution < 1.29 is 5.11 Å². The Hall–Kier alpha value is 0.250. The largest absolute Gasteiger partial charge is 0.388 e. The van der Waals surface area contributed by atoms with Crippen molar-refractivity contribution in [2.24, 2.45) is 0 Å². The summed E-state index contributed by atoms with van der Waals surface area (Å²) >= 11 is 6.25. The number of alkyl halides is 1. The van der Waals surface area contributed by atoms with Crippen LogP contribution < -0.4 is 0 Å². The Morgan fingerprint density at radius 1 is 0.560 bits per heavy atom. The Morgan fingerprint density at radius 3 is 1.12 bits per heavy atom. The Bertz CT molecular complexity index is 280. The normalized spacial score (nSPS) is 14.6. The zero-order chi connectivity index (χ0) is 19.0. The van der Waals surface area contributed by atoms with Crippen LogP contribution in [0.2, 0.25) is 0 Å². The van der Waals surface area contributed by atoms with E-state index in [2.05, 4.69) is 6.92 Å². The van der Waals surface area contributed by atoms with Crippen molar-refractivity contribution in [1.29, 1.82) is 0 Å². The highest BCUT2D eigenvalue weighted by Gasteiger charge is 2.36. The molecule has 0 saturated heterocycles. The number of halogens is 1. The first-order chi connectivity index (χ1) is 11.8. The molecule has 0 fully saturated rings. The van der Waals surface area contributed by atoms with Gasteiger partial charge in [-0.05, 0) is 27.2 Å². The summed E-state index contributed by atoms with van der Waals surface area (Å²) in [5.41, 5.74) is -0.759. The van der Waals surface area contributed by atoms with E-state index in [0.29, 0.717) is 0 Å². The molecule has 0 bridgehead atoms. The third kappa shape index (κ3) is 15.0. The molecule has 0 aliphatic carbocycles. The smallest absolute Gasteiger partial charge is 0.0805 e. The summed E-state index contributed by atoms with van der Waals surface area (Å²) in [6.07, 6.45) is 22.9. The molecule has 25 heavy (non-hydrogen) atoms. The first-order valence-corrected chi connectivity index (χ1v) is 11.6. The maximum absolute atomic E-state index is 10.3. The van der Waals surface area contributed by atoms with Crippen molar-refractivity contribution >= 4 is 11.6 Å². The molecule has 0 rings (SSSR count). The van der Waals surface area contributed by atoms with Crippen LogP contribution in [0.15, 0.2) is 0 Å². The lowest BCUT2D eigenvalue weighted by Crippen LogP contribution is -2.43. The molecule has 1 atom stereocenters. The molecule has 0 radical (unpaired) electrons. The van der Waals surface area contributed by atoms with Gasteiger partial charge in [-0.2, -0.15) is 0 Å². The minimum atomic E-state index is -0.759. The highest BCUT2D eigenvalue weighted by atomic mass is 35.5. The van der Waals surface area contributed by atoms with E-state index < -0.39 is 10.5 Å². The minimum Gasteiger partial charge on any atom is -0.388 e. The molecule has 0 saturated carbocycles. The van der Waals surface area contributed by atoms with Gasteiger partial charge in [-0.15, -0.1) is 11.6 Å². The van der Waals surface area contributed by atoms with Crippen LogP contribution in [0.4, 0.5) is 0 Å². The molecule has 0 aromatic rings. The Morgan fingerprint density at radius 2 is 0.840 bits per heavy atom. The van der Waals surface area contributed by atoms with Gasteiger partial charge in [0.15, 0.2) is 0 Å².